The van der Waals surface area contributed by atoms with Gasteiger partial charge in [0.05, 0.1) is 6.20 Å². The predicted octanol–water partition coefficient (Wildman–Crippen LogP) is 2.54. The lowest BCUT2D eigenvalue weighted by molar-refractivity contribution is 0.0918. The van der Waals surface area contributed by atoms with Gasteiger partial charge in [-0.05, 0) is 52.4 Å². The molecule has 1 aromatic rings. The summed E-state index contributed by atoms with van der Waals surface area (Å²) in [4.78, 5) is 2.53. The molecule has 0 aliphatic carbocycles. The molecule has 1 unspecified atom stereocenters. The summed E-state index contributed by atoms with van der Waals surface area (Å²) in [5.41, 5.74) is 1.45. The number of aryl methyl sites for hydroxylation is 1. The van der Waals surface area contributed by atoms with Gasteiger partial charge in [0.1, 0.15) is 0 Å². The highest BCUT2D eigenvalue weighted by molar-refractivity contribution is 5.10. The van der Waals surface area contributed by atoms with Crippen LogP contribution in [0.5, 0.6) is 0 Å². The number of hydrogen-bond acceptors (Lipinski definition) is 3. The SMILES string of the molecule is CCNC(Cc1cnn(CC)c1)C(C)(C)N(CC)CC. The summed E-state index contributed by atoms with van der Waals surface area (Å²) in [6, 6.07) is 0.432. The molecule has 0 bridgehead atoms. The van der Waals surface area contributed by atoms with Crippen molar-refractivity contribution in [1.29, 1.82) is 0 Å². The van der Waals surface area contributed by atoms with E-state index in [1.807, 2.05) is 10.9 Å². The molecule has 4 nitrogen and oxygen atoms in total. The van der Waals surface area contributed by atoms with Crippen LogP contribution in [0, 0.1) is 0 Å². The van der Waals surface area contributed by atoms with Crippen molar-refractivity contribution in [3.8, 4) is 0 Å². The maximum atomic E-state index is 4.39. The minimum atomic E-state index is 0.133. The van der Waals surface area contributed by atoms with Gasteiger partial charge in [-0.25, -0.2) is 0 Å². The standard InChI is InChI=1S/C16H32N4/c1-7-17-15(16(5,6)19(8-2)9-3)11-14-12-18-20(10-4)13-14/h12-13,15,17H,7-11H2,1-6H3. The highest BCUT2D eigenvalue weighted by Gasteiger charge is 2.33. The van der Waals surface area contributed by atoms with Crippen LogP contribution < -0.4 is 5.32 Å². The topological polar surface area (TPSA) is 33.1 Å². The minimum absolute atomic E-state index is 0.133. The molecule has 0 fully saturated rings. The fourth-order valence-electron chi connectivity index (χ4n) is 3.00. The molecule has 0 spiro atoms. The smallest absolute Gasteiger partial charge is 0.0522 e. The van der Waals surface area contributed by atoms with Gasteiger partial charge in [-0.15, -0.1) is 0 Å². The summed E-state index contributed by atoms with van der Waals surface area (Å²) in [6.07, 6.45) is 5.20. The van der Waals surface area contributed by atoms with E-state index in [2.05, 4.69) is 63.1 Å². The largest absolute Gasteiger partial charge is 0.312 e. The van der Waals surface area contributed by atoms with Crippen LogP contribution in [0.4, 0.5) is 0 Å². The Hall–Kier alpha value is -0.870. The van der Waals surface area contributed by atoms with Gasteiger partial charge in [0, 0.05) is 24.3 Å². The monoisotopic (exact) mass is 280 g/mol. The molecule has 0 saturated heterocycles. The van der Waals surface area contributed by atoms with Crippen molar-refractivity contribution in [1.82, 2.24) is 20.0 Å². The quantitative estimate of drug-likeness (QED) is 0.754. The molecule has 0 aliphatic rings. The first-order chi connectivity index (χ1) is 9.49. The number of likely N-dealkylation sites (N-methyl/N-ethyl adjacent to an activating group) is 2. The van der Waals surface area contributed by atoms with E-state index < -0.39 is 0 Å². The molecule has 1 aromatic heterocycles. The van der Waals surface area contributed by atoms with Gasteiger partial charge in [-0.1, -0.05) is 20.8 Å². The van der Waals surface area contributed by atoms with Crippen molar-refractivity contribution in [2.24, 2.45) is 0 Å². The number of hydrogen-bond donors (Lipinski definition) is 1. The number of nitrogens with one attached hydrogen (secondary N) is 1. The van der Waals surface area contributed by atoms with E-state index in [-0.39, 0.29) is 5.54 Å². The second-order valence-corrected chi connectivity index (χ2v) is 5.84. The van der Waals surface area contributed by atoms with Gasteiger partial charge in [-0.2, -0.15) is 5.10 Å². The lowest BCUT2D eigenvalue weighted by Crippen LogP contribution is -2.58. The number of nitrogens with zero attached hydrogens (tertiary/aromatic N) is 3. The van der Waals surface area contributed by atoms with Gasteiger partial charge in [0.2, 0.25) is 0 Å². The zero-order valence-electron chi connectivity index (χ0n) is 14.1. The van der Waals surface area contributed by atoms with Crippen LogP contribution in [0.15, 0.2) is 12.4 Å². The van der Waals surface area contributed by atoms with Crippen molar-refractivity contribution < 1.29 is 0 Å². The van der Waals surface area contributed by atoms with Crippen molar-refractivity contribution in [3.63, 3.8) is 0 Å². The Morgan fingerprint density at radius 2 is 1.90 bits per heavy atom. The molecule has 1 N–H and O–H groups in total. The summed E-state index contributed by atoms with van der Waals surface area (Å²) in [7, 11) is 0. The Kier molecular flexibility index (Phi) is 6.69. The zero-order chi connectivity index (χ0) is 15.2. The average molecular weight is 280 g/mol. The van der Waals surface area contributed by atoms with Crippen LogP contribution in [-0.2, 0) is 13.0 Å². The first-order valence-corrected chi connectivity index (χ1v) is 7.99. The fraction of sp³-hybridized carbons (Fsp3) is 0.812. The number of aromatic nitrogens is 2. The second kappa shape index (κ2) is 7.79. The van der Waals surface area contributed by atoms with Gasteiger partial charge >= 0.3 is 0 Å². The highest BCUT2D eigenvalue weighted by Crippen LogP contribution is 2.22. The molecule has 0 radical (unpaired) electrons. The van der Waals surface area contributed by atoms with Crippen LogP contribution in [0.2, 0.25) is 0 Å². The van der Waals surface area contributed by atoms with Gasteiger partial charge in [0.25, 0.3) is 0 Å². The van der Waals surface area contributed by atoms with Crippen LogP contribution in [0.1, 0.15) is 47.1 Å². The molecule has 1 atom stereocenters. The summed E-state index contributed by atoms with van der Waals surface area (Å²) in [6.45, 7) is 17.6. The second-order valence-electron chi connectivity index (χ2n) is 5.84. The molecule has 1 heterocycles. The van der Waals surface area contributed by atoms with Gasteiger partial charge < -0.3 is 5.32 Å². The van der Waals surface area contributed by atoms with E-state index in [9.17, 15) is 0 Å². The third-order valence-corrected chi connectivity index (χ3v) is 4.33. The molecule has 0 aliphatic heterocycles. The summed E-state index contributed by atoms with van der Waals surface area (Å²) in [5.74, 6) is 0. The van der Waals surface area contributed by atoms with Crippen molar-refractivity contribution >= 4 is 0 Å². The van der Waals surface area contributed by atoms with E-state index in [0.717, 1.165) is 32.6 Å². The van der Waals surface area contributed by atoms with Gasteiger partial charge in [0.15, 0.2) is 0 Å². The maximum Gasteiger partial charge on any atom is 0.0522 e. The maximum absolute atomic E-state index is 4.39. The molecule has 0 amide bonds. The van der Waals surface area contributed by atoms with E-state index in [1.165, 1.54) is 5.56 Å². The highest BCUT2D eigenvalue weighted by atomic mass is 15.3. The lowest BCUT2D eigenvalue weighted by Gasteiger charge is -2.44. The van der Waals surface area contributed by atoms with E-state index in [0.29, 0.717) is 6.04 Å². The Bertz CT molecular complexity index is 380. The molecular weight excluding hydrogens is 248 g/mol. The molecule has 116 valence electrons. The van der Waals surface area contributed by atoms with Gasteiger partial charge in [-0.3, -0.25) is 9.58 Å². The zero-order valence-corrected chi connectivity index (χ0v) is 14.1. The Morgan fingerprint density at radius 1 is 1.25 bits per heavy atom. The first-order valence-electron chi connectivity index (χ1n) is 7.99. The first kappa shape index (κ1) is 17.2. The number of rotatable bonds is 9. The third kappa shape index (κ3) is 4.06. The lowest BCUT2D eigenvalue weighted by atomic mass is 9.88. The minimum Gasteiger partial charge on any atom is -0.312 e. The normalized spacial score (nSPS) is 13.9. The van der Waals surface area contributed by atoms with Crippen LogP contribution >= 0.6 is 0 Å². The Labute approximate surface area is 124 Å². The molecule has 1 rings (SSSR count). The van der Waals surface area contributed by atoms with Crippen LogP contribution in [0.25, 0.3) is 0 Å². The van der Waals surface area contributed by atoms with Crippen LogP contribution in [-0.4, -0.2) is 45.9 Å². The molecule has 0 aromatic carbocycles. The Morgan fingerprint density at radius 3 is 2.35 bits per heavy atom. The van der Waals surface area contributed by atoms with E-state index in [4.69, 9.17) is 0 Å². The molecule has 0 saturated carbocycles. The van der Waals surface area contributed by atoms with Crippen molar-refractivity contribution in [2.75, 3.05) is 19.6 Å². The van der Waals surface area contributed by atoms with Crippen molar-refractivity contribution in [3.05, 3.63) is 18.0 Å². The summed E-state index contributed by atoms with van der Waals surface area (Å²) >= 11 is 0. The van der Waals surface area contributed by atoms with E-state index in [1.54, 1.807) is 0 Å². The van der Waals surface area contributed by atoms with Crippen LogP contribution in [0.3, 0.4) is 0 Å². The summed E-state index contributed by atoms with van der Waals surface area (Å²) < 4.78 is 2.00. The fourth-order valence-corrected chi connectivity index (χ4v) is 3.00. The van der Waals surface area contributed by atoms with Crippen molar-refractivity contribution in [2.45, 2.75) is 66.1 Å². The molecular formula is C16H32N4. The summed E-state index contributed by atoms with van der Waals surface area (Å²) in [5, 5.41) is 8.06. The average Bonchev–Trinajstić information content (AvgIpc) is 2.87. The van der Waals surface area contributed by atoms with E-state index >= 15 is 0 Å². The Balaban J connectivity index is 2.86. The third-order valence-electron chi connectivity index (χ3n) is 4.33. The molecule has 4 heteroatoms. The molecule has 20 heavy (non-hydrogen) atoms. The predicted molar refractivity (Wildman–Crippen MR) is 86.1 cm³/mol.